The summed E-state index contributed by atoms with van der Waals surface area (Å²) in [7, 11) is 0. The number of ether oxygens (including phenoxy) is 2. The molecule has 7 rings (SSSR count). The molecule has 0 saturated carbocycles. The molecule has 8 N–H and O–H groups in total. The van der Waals surface area contributed by atoms with E-state index in [0.717, 1.165) is 11.1 Å². The first-order chi connectivity index (χ1) is 28.3. The Labute approximate surface area is 335 Å². The highest BCUT2D eigenvalue weighted by Gasteiger charge is 2.37. The monoisotopic (exact) mass is 812 g/mol. The van der Waals surface area contributed by atoms with Crippen molar-refractivity contribution in [2.45, 2.75) is 57.5 Å². The molecular weight excluding hydrogens is 771 g/mol. The van der Waals surface area contributed by atoms with Gasteiger partial charge >= 0.3 is 5.97 Å². The number of aryl methyl sites for hydroxylation is 1. The van der Waals surface area contributed by atoms with E-state index in [1.54, 1.807) is 37.3 Å². The van der Waals surface area contributed by atoms with Crippen LogP contribution in [0.15, 0.2) is 47.3 Å². The summed E-state index contributed by atoms with van der Waals surface area (Å²) in [6.45, 7) is -0.557. The molecule has 1 aliphatic carbocycles. The maximum atomic E-state index is 15.2. The molecule has 0 saturated heterocycles. The third-order valence-corrected chi connectivity index (χ3v) is 10.6. The second-order valence-electron chi connectivity index (χ2n) is 14.3. The molecule has 0 radical (unpaired) electrons. The molecule has 4 heterocycles. The molecule has 0 fully saturated rings. The Morgan fingerprint density at radius 3 is 2.53 bits per heavy atom. The Morgan fingerprint density at radius 2 is 1.76 bits per heavy atom. The fourth-order valence-corrected chi connectivity index (χ4v) is 7.67. The molecule has 18 nitrogen and oxygen atoms in total. The minimum atomic E-state index is -1.65. The molecule has 3 aliphatic rings. The highest BCUT2D eigenvalue weighted by molar-refractivity contribution is 5.94. The zero-order chi connectivity index (χ0) is 42.0. The number of nitrogens with one attached hydrogen (secondary N) is 5. The van der Waals surface area contributed by atoms with E-state index in [9.17, 15) is 38.7 Å². The van der Waals surface area contributed by atoms with Gasteiger partial charge in [0, 0.05) is 29.0 Å². The van der Waals surface area contributed by atoms with Crippen LogP contribution in [-0.4, -0.2) is 89.2 Å². The molecule has 2 aliphatic heterocycles. The van der Waals surface area contributed by atoms with Gasteiger partial charge in [-0.05, 0) is 48.1 Å². The second kappa shape index (κ2) is 17.1. The minimum Gasteiger partial charge on any atom is -0.458 e. The normalized spacial score (nSPS) is 16.5. The Balaban J connectivity index is 0.981. The van der Waals surface area contributed by atoms with Gasteiger partial charge in [0.25, 0.3) is 5.56 Å². The number of pyridine rings is 2. The quantitative estimate of drug-likeness (QED) is 0.0408. The molecule has 2 aromatic heterocycles. The first-order valence-electron chi connectivity index (χ1n) is 18.8. The topological polar surface area (TPSA) is 262 Å². The van der Waals surface area contributed by atoms with Crippen molar-refractivity contribution in [3.63, 3.8) is 0 Å². The van der Waals surface area contributed by atoms with Gasteiger partial charge in [0.2, 0.25) is 29.5 Å². The fraction of sp³-hybridized carbons (Fsp3) is 0.350. The summed E-state index contributed by atoms with van der Waals surface area (Å²) in [5.41, 5.74) is 9.32. The van der Waals surface area contributed by atoms with E-state index in [4.69, 9.17) is 20.2 Å². The molecule has 3 atom stereocenters. The van der Waals surface area contributed by atoms with E-state index >= 15 is 4.39 Å². The first-order valence-corrected chi connectivity index (χ1v) is 18.8. The van der Waals surface area contributed by atoms with Crippen LogP contribution in [0.4, 0.5) is 4.39 Å². The summed E-state index contributed by atoms with van der Waals surface area (Å²) in [5, 5.41) is 24.0. The van der Waals surface area contributed by atoms with Crippen molar-refractivity contribution in [3.8, 4) is 11.4 Å². The number of hydrogen-bond donors (Lipinski definition) is 7. The Morgan fingerprint density at radius 1 is 1.00 bits per heavy atom. The summed E-state index contributed by atoms with van der Waals surface area (Å²) < 4.78 is 27.1. The predicted octanol–water partition coefficient (Wildman–Crippen LogP) is -0.925. The van der Waals surface area contributed by atoms with Gasteiger partial charge < -0.3 is 51.5 Å². The van der Waals surface area contributed by atoms with Crippen LogP contribution >= 0.6 is 0 Å². The van der Waals surface area contributed by atoms with Gasteiger partial charge in [-0.2, -0.15) is 0 Å². The van der Waals surface area contributed by atoms with Crippen LogP contribution in [0, 0.1) is 12.7 Å². The summed E-state index contributed by atoms with van der Waals surface area (Å²) in [4.78, 5) is 93.3. The number of cyclic esters (lactones) is 1. The fourth-order valence-electron chi connectivity index (χ4n) is 7.67. The van der Waals surface area contributed by atoms with Crippen molar-refractivity contribution in [2.75, 3.05) is 33.0 Å². The average molecular weight is 813 g/mol. The second-order valence-corrected chi connectivity index (χ2v) is 14.3. The number of carbonyl (C=O) groups is 6. The van der Waals surface area contributed by atoms with Crippen LogP contribution in [0.25, 0.3) is 22.3 Å². The number of nitrogens with zero attached hydrogens (tertiary/aromatic N) is 2. The lowest BCUT2D eigenvalue weighted by Gasteiger charge is -2.29. The number of fused-ring (bicyclic) bond motifs is 5. The summed E-state index contributed by atoms with van der Waals surface area (Å²) >= 11 is 0. The highest BCUT2D eigenvalue weighted by Crippen LogP contribution is 2.45. The number of halogens is 1. The Hall–Kier alpha value is -6.57. The van der Waals surface area contributed by atoms with Gasteiger partial charge in [0.05, 0.1) is 54.7 Å². The molecule has 4 aromatic rings. The van der Waals surface area contributed by atoms with Crippen LogP contribution < -0.4 is 37.9 Å². The number of carbonyl (C=O) groups excluding carboxylic acids is 6. The van der Waals surface area contributed by atoms with Crippen molar-refractivity contribution in [2.24, 2.45) is 5.73 Å². The highest BCUT2D eigenvalue weighted by atomic mass is 19.1. The van der Waals surface area contributed by atoms with E-state index in [1.807, 2.05) is 0 Å². The van der Waals surface area contributed by atoms with Crippen LogP contribution in [-0.2, 0) is 64.2 Å². The van der Waals surface area contributed by atoms with Crippen molar-refractivity contribution >= 4 is 46.4 Å². The third kappa shape index (κ3) is 8.38. The number of aliphatic hydroxyl groups is 1. The van der Waals surface area contributed by atoms with E-state index in [2.05, 4.69) is 26.6 Å². The molecular formula is C40H41FN8O10. The molecule has 2 aromatic carbocycles. The summed E-state index contributed by atoms with van der Waals surface area (Å²) in [6.07, 6.45) is -0.727. The molecule has 5 amide bonds. The van der Waals surface area contributed by atoms with E-state index < -0.39 is 84.8 Å². The zero-order valence-corrected chi connectivity index (χ0v) is 31.8. The van der Waals surface area contributed by atoms with Crippen molar-refractivity contribution < 1.29 is 47.7 Å². The van der Waals surface area contributed by atoms with Gasteiger partial charge in [-0.15, -0.1) is 0 Å². The molecule has 0 spiro atoms. The van der Waals surface area contributed by atoms with Gasteiger partial charge in [0.15, 0.2) is 6.10 Å². The predicted molar refractivity (Wildman–Crippen MR) is 205 cm³/mol. The van der Waals surface area contributed by atoms with E-state index in [-0.39, 0.29) is 44.0 Å². The Bertz CT molecular complexity index is 2460. The average Bonchev–Trinajstić information content (AvgIpc) is 3.60. The number of benzene rings is 2. The smallest absolute Gasteiger partial charge is 0.340 e. The lowest BCUT2D eigenvalue weighted by atomic mass is 9.81. The summed E-state index contributed by atoms with van der Waals surface area (Å²) in [6, 6.07) is 10.0. The number of esters is 1. The van der Waals surface area contributed by atoms with Crippen molar-refractivity contribution in [1.82, 2.24) is 36.1 Å². The SMILES string of the molecule is Cc1c(F)cc2nc3c(c4c2c1CC[C@@H]4NC(=O)COCNC(=O)CNC(=O)[C@H](Cc1ccccc1)NC(=O)CNC(=O)CN)Cn1c-3cc2c(c1=O)COC(=O)[C@H]2O. The zero-order valence-electron chi connectivity index (χ0n) is 31.8. The first kappa shape index (κ1) is 40.6. The van der Waals surface area contributed by atoms with E-state index in [1.165, 1.54) is 16.7 Å². The van der Waals surface area contributed by atoms with Gasteiger partial charge in [0.1, 0.15) is 31.8 Å². The number of rotatable bonds is 14. The van der Waals surface area contributed by atoms with Crippen molar-refractivity contribution in [1.29, 1.82) is 0 Å². The van der Waals surface area contributed by atoms with Crippen LogP contribution in [0.3, 0.4) is 0 Å². The Kier molecular flexibility index (Phi) is 11.8. The van der Waals surface area contributed by atoms with Gasteiger partial charge in [-0.1, -0.05) is 30.3 Å². The molecule has 19 heteroatoms. The molecule has 0 bridgehead atoms. The van der Waals surface area contributed by atoms with Gasteiger partial charge in [-0.25, -0.2) is 14.2 Å². The van der Waals surface area contributed by atoms with Crippen LogP contribution in [0.2, 0.25) is 0 Å². The number of aromatic nitrogens is 2. The largest absolute Gasteiger partial charge is 0.458 e. The maximum absolute atomic E-state index is 15.2. The molecule has 308 valence electrons. The number of nitrogens with two attached hydrogens (primary N) is 1. The molecule has 59 heavy (non-hydrogen) atoms. The third-order valence-electron chi connectivity index (χ3n) is 10.6. The maximum Gasteiger partial charge on any atom is 0.340 e. The van der Waals surface area contributed by atoms with E-state index in [0.29, 0.717) is 51.8 Å². The number of aliphatic hydroxyl groups excluding tert-OH is 1. The lowest BCUT2D eigenvalue weighted by Crippen LogP contribution is -2.52. The minimum absolute atomic E-state index is 0.0762. The van der Waals surface area contributed by atoms with Crippen LogP contribution in [0.1, 0.15) is 57.5 Å². The molecule has 0 unspecified atom stereocenters. The number of hydrogen-bond acceptors (Lipinski definition) is 12. The van der Waals surface area contributed by atoms with Crippen LogP contribution in [0.5, 0.6) is 0 Å². The lowest BCUT2D eigenvalue weighted by molar-refractivity contribution is -0.157. The number of amides is 5. The summed E-state index contributed by atoms with van der Waals surface area (Å²) in [5.74, 6) is -4.32. The van der Waals surface area contributed by atoms with Crippen molar-refractivity contribution in [3.05, 3.63) is 97.6 Å². The standard InChI is InChI=1S/C40H41FN8O10/c1-19-21-7-8-26(35-23-15-49-29(36(23)48-27(34(21)35)11-25(19)41)10-22-24(39(49)56)16-59-40(57)37(22)54)46-33(53)17-58-18-45-31(51)13-44-38(55)28(9-20-5-3-2-4-6-20)47-32(52)14-43-30(50)12-42/h2-6,10-11,26,28,37,54H,7-9,12-18,42H2,1H3,(H,43,50)(H,44,55)(H,45,51)(H,46,53)(H,47,52)/t26-,28-,37-/m0/s1. The van der Waals surface area contributed by atoms with Gasteiger partial charge in [-0.3, -0.25) is 28.8 Å².